The molecule has 0 unspecified atom stereocenters. The van der Waals surface area contributed by atoms with Crippen molar-refractivity contribution in [2.45, 2.75) is 5.75 Å². The Morgan fingerprint density at radius 3 is 3.06 bits per heavy atom. The van der Waals surface area contributed by atoms with E-state index in [4.69, 9.17) is 10.5 Å². The third kappa shape index (κ3) is 2.90. The molecule has 0 fully saturated rings. The summed E-state index contributed by atoms with van der Waals surface area (Å²) in [6.45, 7) is 0.783. The number of nitrogens with zero attached hydrogens (tertiary/aromatic N) is 1. The fourth-order valence-corrected chi connectivity index (χ4v) is 2.58. The Kier molecular flexibility index (Phi) is 4.23. The molecule has 0 spiro atoms. The van der Waals surface area contributed by atoms with Crippen LogP contribution in [0.1, 0.15) is 5.56 Å². The Balaban J connectivity index is 2.20. The maximum atomic E-state index is 5.93. The highest BCUT2D eigenvalue weighted by Gasteiger charge is 2.04. The molecule has 2 aromatic rings. The molecule has 0 aliphatic carbocycles. The molecule has 4 heteroatoms. The molecule has 0 radical (unpaired) electrons. The van der Waals surface area contributed by atoms with Crippen molar-refractivity contribution in [3.8, 4) is 0 Å². The van der Waals surface area contributed by atoms with E-state index in [1.807, 2.05) is 36.2 Å². The van der Waals surface area contributed by atoms with E-state index in [9.17, 15) is 0 Å². The summed E-state index contributed by atoms with van der Waals surface area (Å²) in [6, 6.07) is 7.95. The summed E-state index contributed by atoms with van der Waals surface area (Å²) < 4.78 is 5.03. The first-order valence-corrected chi connectivity index (χ1v) is 6.67. The first kappa shape index (κ1) is 12.2. The standard InChI is InChI=1S/C13H16N2OS/c1-16-7-8-17-9-10-4-5-12(14)11-3-2-6-15-13(10)11/h2-6H,7-9,14H2,1H3. The lowest BCUT2D eigenvalue weighted by molar-refractivity contribution is 0.218. The molecule has 0 bridgehead atoms. The molecule has 17 heavy (non-hydrogen) atoms. The normalized spacial score (nSPS) is 10.9. The van der Waals surface area contributed by atoms with Crippen molar-refractivity contribution >= 4 is 28.4 Å². The zero-order valence-electron chi connectivity index (χ0n) is 9.85. The van der Waals surface area contributed by atoms with Gasteiger partial charge in [-0.3, -0.25) is 4.98 Å². The Labute approximate surface area is 105 Å². The number of anilines is 1. The molecule has 1 aromatic heterocycles. The molecule has 2 rings (SSSR count). The zero-order valence-corrected chi connectivity index (χ0v) is 10.7. The Bertz CT molecular complexity index is 502. The Morgan fingerprint density at radius 2 is 2.24 bits per heavy atom. The number of aromatic nitrogens is 1. The maximum Gasteiger partial charge on any atom is 0.0763 e. The van der Waals surface area contributed by atoms with Crippen LogP contribution >= 0.6 is 11.8 Å². The number of nitrogens with two attached hydrogens (primary N) is 1. The number of nitrogen functional groups attached to an aromatic ring is 1. The largest absolute Gasteiger partial charge is 0.398 e. The highest BCUT2D eigenvalue weighted by molar-refractivity contribution is 7.98. The summed E-state index contributed by atoms with van der Waals surface area (Å²) in [5, 5.41) is 1.04. The van der Waals surface area contributed by atoms with Crippen LogP contribution in [0.5, 0.6) is 0 Å². The summed E-state index contributed by atoms with van der Waals surface area (Å²) in [7, 11) is 1.72. The van der Waals surface area contributed by atoms with Gasteiger partial charge in [0.2, 0.25) is 0 Å². The average molecular weight is 248 g/mol. The van der Waals surface area contributed by atoms with Crippen molar-refractivity contribution in [2.24, 2.45) is 0 Å². The Hall–Kier alpha value is -1.26. The highest BCUT2D eigenvalue weighted by atomic mass is 32.2. The lowest BCUT2D eigenvalue weighted by Crippen LogP contribution is -1.95. The SMILES string of the molecule is COCCSCc1ccc(N)c2cccnc12. The molecule has 90 valence electrons. The predicted octanol–water partition coefficient (Wildman–Crippen LogP) is 2.70. The number of thioether (sulfide) groups is 1. The van der Waals surface area contributed by atoms with Crippen LogP contribution in [0.2, 0.25) is 0 Å². The van der Waals surface area contributed by atoms with Gasteiger partial charge in [-0.1, -0.05) is 6.07 Å². The van der Waals surface area contributed by atoms with Gasteiger partial charge in [-0.15, -0.1) is 0 Å². The van der Waals surface area contributed by atoms with Crippen molar-refractivity contribution in [1.82, 2.24) is 4.98 Å². The number of hydrogen-bond donors (Lipinski definition) is 1. The van der Waals surface area contributed by atoms with Gasteiger partial charge in [0.25, 0.3) is 0 Å². The molecule has 0 saturated carbocycles. The van der Waals surface area contributed by atoms with Crippen LogP contribution in [-0.2, 0) is 10.5 Å². The van der Waals surface area contributed by atoms with Gasteiger partial charge >= 0.3 is 0 Å². The molecule has 1 heterocycles. The third-order valence-electron chi connectivity index (χ3n) is 2.58. The summed E-state index contributed by atoms with van der Waals surface area (Å²) in [4.78, 5) is 4.42. The first-order chi connectivity index (χ1) is 8.33. The number of rotatable bonds is 5. The van der Waals surface area contributed by atoms with Crippen LogP contribution in [0.4, 0.5) is 5.69 Å². The molecular weight excluding hydrogens is 232 g/mol. The van der Waals surface area contributed by atoms with E-state index >= 15 is 0 Å². The summed E-state index contributed by atoms with van der Waals surface area (Å²) >= 11 is 1.85. The van der Waals surface area contributed by atoms with Gasteiger partial charge in [0.15, 0.2) is 0 Å². The highest BCUT2D eigenvalue weighted by Crippen LogP contribution is 2.25. The monoisotopic (exact) mass is 248 g/mol. The summed E-state index contributed by atoms with van der Waals surface area (Å²) in [5.74, 6) is 1.94. The van der Waals surface area contributed by atoms with Crippen LogP contribution in [0.3, 0.4) is 0 Å². The van der Waals surface area contributed by atoms with E-state index in [1.165, 1.54) is 5.56 Å². The average Bonchev–Trinajstić information content (AvgIpc) is 2.37. The third-order valence-corrected chi connectivity index (χ3v) is 3.55. The van der Waals surface area contributed by atoms with Crippen LogP contribution in [0.25, 0.3) is 10.9 Å². The molecule has 0 saturated heterocycles. The lowest BCUT2D eigenvalue weighted by atomic mass is 10.1. The number of ether oxygens (including phenoxy) is 1. The number of hydrogen-bond acceptors (Lipinski definition) is 4. The van der Waals surface area contributed by atoms with Gasteiger partial charge in [0.05, 0.1) is 12.1 Å². The smallest absolute Gasteiger partial charge is 0.0763 e. The molecule has 2 N–H and O–H groups in total. The second-order valence-corrected chi connectivity index (χ2v) is 4.86. The first-order valence-electron chi connectivity index (χ1n) is 5.51. The van der Waals surface area contributed by atoms with Crippen LogP contribution in [0.15, 0.2) is 30.5 Å². The molecular formula is C13H16N2OS. The van der Waals surface area contributed by atoms with Crippen molar-refractivity contribution in [3.63, 3.8) is 0 Å². The Morgan fingerprint density at radius 1 is 1.35 bits per heavy atom. The van der Waals surface area contributed by atoms with E-state index < -0.39 is 0 Å². The lowest BCUT2D eigenvalue weighted by Gasteiger charge is -2.07. The molecule has 0 atom stereocenters. The maximum absolute atomic E-state index is 5.93. The van der Waals surface area contributed by atoms with Gasteiger partial charge < -0.3 is 10.5 Å². The van der Waals surface area contributed by atoms with E-state index in [2.05, 4.69) is 11.1 Å². The van der Waals surface area contributed by atoms with Gasteiger partial charge in [-0.25, -0.2) is 0 Å². The van der Waals surface area contributed by atoms with Crippen LogP contribution in [0, 0.1) is 0 Å². The van der Waals surface area contributed by atoms with E-state index in [0.29, 0.717) is 0 Å². The zero-order chi connectivity index (χ0) is 12.1. The molecule has 0 amide bonds. The molecule has 0 aliphatic rings. The van der Waals surface area contributed by atoms with Crippen LogP contribution in [-0.4, -0.2) is 24.5 Å². The van der Waals surface area contributed by atoms with Crippen LogP contribution < -0.4 is 5.73 Å². The minimum Gasteiger partial charge on any atom is -0.398 e. The molecule has 0 aliphatic heterocycles. The number of methoxy groups -OCH3 is 1. The molecule has 3 nitrogen and oxygen atoms in total. The quantitative estimate of drug-likeness (QED) is 0.653. The van der Waals surface area contributed by atoms with Crippen molar-refractivity contribution < 1.29 is 4.74 Å². The summed E-state index contributed by atoms with van der Waals surface area (Å²) in [6.07, 6.45) is 1.81. The van der Waals surface area contributed by atoms with Crippen molar-refractivity contribution in [3.05, 3.63) is 36.0 Å². The minimum atomic E-state index is 0.783. The van der Waals surface area contributed by atoms with Gasteiger partial charge in [-0.2, -0.15) is 11.8 Å². The second kappa shape index (κ2) is 5.89. The fourth-order valence-electron chi connectivity index (χ4n) is 1.69. The van der Waals surface area contributed by atoms with Crippen molar-refractivity contribution in [1.29, 1.82) is 0 Å². The number of pyridine rings is 1. The van der Waals surface area contributed by atoms with E-state index in [-0.39, 0.29) is 0 Å². The van der Waals surface area contributed by atoms with Gasteiger partial charge in [0.1, 0.15) is 0 Å². The fraction of sp³-hybridized carbons (Fsp3) is 0.308. The number of fused-ring (bicyclic) bond motifs is 1. The van der Waals surface area contributed by atoms with Gasteiger partial charge in [0, 0.05) is 35.9 Å². The number of benzene rings is 1. The van der Waals surface area contributed by atoms with E-state index in [0.717, 1.165) is 34.7 Å². The predicted molar refractivity (Wildman–Crippen MR) is 74.2 cm³/mol. The van der Waals surface area contributed by atoms with Gasteiger partial charge in [-0.05, 0) is 23.8 Å². The van der Waals surface area contributed by atoms with E-state index in [1.54, 1.807) is 7.11 Å². The minimum absolute atomic E-state index is 0.783. The molecule has 1 aromatic carbocycles. The van der Waals surface area contributed by atoms with Crippen molar-refractivity contribution in [2.75, 3.05) is 25.2 Å². The second-order valence-electron chi connectivity index (χ2n) is 3.76. The topological polar surface area (TPSA) is 48.1 Å². The summed E-state index contributed by atoms with van der Waals surface area (Å²) in [5.41, 5.74) is 8.97.